The van der Waals surface area contributed by atoms with E-state index in [1.165, 1.54) is 16.0 Å². The average molecular weight is 484 g/mol. The number of rotatable bonds is 7. The Bertz CT molecular complexity index is 1190. The molecule has 0 bridgehead atoms. The topological polar surface area (TPSA) is 99.4 Å². The van der Waals surface area contributed by atoms with Gasteiger partial charge in [0.2, 0.25) is 0 Å². The summed E-state index contributed by atoms with van der Waals surface area (Å²) in [7, 11) is 1.57. The molecule has 0 saturated carbocycles. The third-order valence-electron chi connectivity index (χ3n) is 5.86. The molecule has 3 aromatic heterocycles. The van der Waals surface area contributed by atoms with Gasteiger partial charge in [0.15, 0.2) is 0 Å². The monoisotopic (exact) mass is 483 g/mol. The molecular formula is C24H29N5O4S. The Morgan fingerprint density at radius 3 is 2.82 bits per heavy atom. The Morgan fingerprint density at radius 1 is 1.29 bits per heavy atom. The number of nitrogens with zero attached hydrogens (tertiary/aromatic N) is 5. The first-order valence-corrected chi connectivity index (χ1v) is 12.2. The number of carbonyl (C=O) groups excluding carboxylic acids is 2. The van der Waals surface area contributed by atoms with Crippen LogP contribution in [0, 0.1) is 19.8 Å². The van der Waals surface area contributed by atoms with E-state index in [4.69, 9.17) is 14.5 Å². The molecule has 1 aliphatic heterocycles. The second-order valence-electron chi connectivity index (χ2n) is 8.26. The number of aryl methyl sites for hydroxylation is 2. The molecule has 0 N–H and O–H groups in total. The molecule has 34 heavy (non-hydrogen) atoms. The molecule has 0 spiro atoms. The number of ether oxygens (including phenoxy) is 2. The summed E-state index contributed by atoms with van der Waals surface area (Å²) in [5.74, 6) is -0.379. The predicted octanol–water partition coefficient (Wildman–Crippen LogP) is 3.57. The Morgan fingerprint density at radius 2 is 2.12 bits per heavy atom. The summed E-state index contributed by atoms with van der Waals surface area (Å²) in [5, 5.41) is 4.44. The van der Waals surface area contributed by atoms with Crippen molar-refractivity contribution in [2.45, 2.75) is 40.2 Å². The maximum atomic E-state index is 13.4. The van der Waals surface area contributed by atoms with E-state index in [0.717, 1.165) is 24.1 Å². The van der Waals surface area contributed by atoms with E-state index in [9.17, 15) is 9.59 Å². The van der Waals surface area contributed by atoms with Crippen molar-refractivity contribution >= 4 is 23.2 Å². The highest BCUT2D eigenvalue weighted by atomic mass is 32.1. The number of esters is 1. The van der Waals surface area contributed by atoms with Crippen LogP contribution in [0.15, 0.2) is 24.5 Å². The van der Waals surface area contributed by atoms with Gasteiger partial charge in [0.1, 0.15) is 0 Å². The molecule has 1 saturated heterocycles. The van der Waals surface area contributed by atoms with E-state index in [0.29, 0.717) is 36.9 Å². The summed E-state index contributed by atoms with van der Waals surface area (Å²) in [6.45, 7) is 7.33. The highest BCUT2D eigenvalue weighted by Crippen LogP contribution is 2.29. The fourth-order valence-corrected chi connectivity index (χ4v) is 5.20. The van der Waals surface area contributed by atoms with Crippen molar-refractivity contribution in [2.75, 3.05) is 26.8 Å². The Kier molecular flexibility index (Phi) is 7.38. The standard InChI is InChI=1S/C24H29N5O4S/c1-5-33-23(31)17-7-6-10-28(13-17)22(30)19-12-26-29(21(19)14-32-4)24-25-9-8-20(27-24)18-11-15(2)34-16(18)3/h8-9,11-12,17H,5-7,10,13-14H2,1-4H3. The minimum absolute atomic E-state index is 0.167. The van der Waals surface area contributed by atoms with Crippen molar-refractivity contribution in [1.82, 2.24) is 24.6 Å². The first-order chi connectivity index (χ1) is 16.4. The van der Waals surface area contributed by atoms with Gasteiger partial charge >= 0.3 is 5.97 Å². The van der Waals surface area contributed by atoms with Gasteiger partial charge in [0.25, 0.3) is 11.9 Å². The highest BCUT2D eigenvalue weighted by Gasteiger charge is 2.32. The molecule has 10 heteroatoms. The van der Waals surface area contributed by atoms with Gasteiger partial charge in [-0.05, 0) is 45.7 Å². The van der Waals surface area contributed by atoms with Gasteiger partial charge in [-0.3, -0.25) is 9.59 Å². The van der Waals surface area contributed by atoms with Crippen molar-refractivity contribution in [3.05, 3.63) is 45.5 Å². The molecule has 1 unspecified atom stereocenters. The maximum absolute atomic E-state index is 13.4. The number of hydrogen-bond donors (Lipinski definition) is 0. The van der Waals surface area contributed by atoms with E-state index in [2.05, 4.69) is 30.0 Å². The van der Waals surface area contributed by atoms with Crippen LogP contribution in [-0.2, 0) is 20.9 Å². The van der Waals surface area contributed by atoms with Crippen LogP contribution in [0.5, 0.6) is 0 Å². The molecule has 180 valence electrons. The highest BCUT2D eigenvalue weighted by molar-refractivity contribution is 7.12. The van der Waals surface area contributed by atoms with Gasteiger partial charge in [-0.1, -0.05) is 0 Å². The quantitative estimate of drug-likeness (QED) is 0.474. The van der Waals surface area contributed by atoms with E-state index >= 15 is 0 Å². The largest absolute Gasteiger partial charge is 0.466 e. The van der Waals surface area contributed by atoms with Crippen molar-refractivity contribution in [3.63, 3.8) is 0 Å². The van der Waals surface area contributed by atoms with Gasteiger partial charge in [-0.15, -0.1) is 11.3 Å². The van der Waals surface area contributed by atoms with Crippen molar-refractivity contribution in [2.24, 2.45) is 5.92 Å². The van der Waals surface area contributed by atoms with Crippen molar-refractivity contribution in [1.29, 1.82) is 0 Å². The second-order valence-corrected chi connectivity index (χ2v) is 9.72. The second kappa shape index (κ2) is 10.4. The molecular weight excluding hydrogens is 454 g/mol. The molecule has 9 nitrogen and oxygen atoms in total. The van der Waals surface area contributed by atoms with Gasteiger partial charge in [-0.25, -0.2) is 9.97 Å². The molecule has 0 radical (unpaired) electrons. The molecule has 1 aliphatic rings. The number of thiophene rings is 1. The Labute approximate surface area is 202 Å². The van der Waals surface area contributed by atoms with Crippen LogP contribution in [0.4, 0.5) is 0 Å². The molecule has 1 atom stereocenters. The van der Waals surface area contributed by atoms with Gasteiger partial charge in [0, 0.05) is 41.7 Å². The lowest BCUT2D eigenvalue weighted by molar-refractivity contribution is -0.149. The van der Waals surface area contributed by atoms with Crippen LogP contribution in [-0.4, -0.2) is 63.3 Å². The minimum atomic E-state index is -0.309. The van der Waals surface area contributed by atoms with Crippen LogP contribution >= 0.6 is 11.3 Å². The van der Waals surface area contributed by atoms with E-state index in [-0.39, 0.29) is 24.4 Å². The van der Waals surface area contributed by atoms with Crippen LogP contribution < -0.4 is 0 Å². The molecule has 0 aliphatic carbocycles. The molecule has 3 aromatic rings. The zero-order valence-electron chi connectivity index (χ0n) is 19.9. The normalized spacial score (nSPS) is 16.0. The third kappa shape index (κ3) is 4.88. The summed E-state index contributed by atoms with van der Waals surface area (Å²) in [5.41, 5.74) is 2.84. The summed E-state index contributed by atoms with van der Waals surface area (Å²) < 4.78 is 12.1. The van der Waals surface area contributed by atoms with E-state index < -0.39 is 0 Å². The Balaban J connectivity index is 1.64. The number of hydrogen-bond acceptors (Lipinski definition) is 8. The number of amides is 1. The van der Waals surface area contributed by atoms with Crippen molar-refractivity contribution < 1.29 is 19.1 Å². The fraction of sp³-hybridized carbons (Fsp3) is 0.458. The third-order valence-corrected chi connectivity index (χ3v) is 6.82. The lowest BCUT2D eigenvalue weighted by atomic mass is 9.97. The number of carbonyl (C=O) groups is 2. The minimum Gasteiger partial charge on any atom is -0.466 e. The lowest BCUT2D eigenvalue weighted by Crippen LogP contribution is -2.43. The lowest BCUT2D eigenvalue weighted by Gasteiger charge is -2.31. The van der Waals surface area contributed by atoms with E-state index in [1.54, 1.807) is 41.1 Å². The van der Waals surface area contributed by atoms with Crippen LogP contribution in [0.2, 0.25) is 0 Å². The summed E-state index contributed by atoms with van der Waals surface area (Å²) >= 11 is 1.72. The maximum Gasteiger partial charge on any atom is 0.310 e. The van der Waals surface area contributed by atoms with Gasteiger partial charge < -0.3 is 14.4 Å². The smallest absolute Gasteiger partial charge is 0.310 e. The molecule has 4 rings (SSSR count). The number of piperidine rings is 1. The predicted molar refractivity (Wildman–Crippen MR) is 128 cm³/mol. The van der Waals surface area contributed by atoms with Crippen molar-refractivity contribution in [3.8, 4) is 17.2 Å². The first-order valence-electron chi connectivity index (χ1n) is 11.4. The number of methoxy groups -OCH3 is 1. The summed E-state index contributed by atoms with van der Waals surface area (Å²) in [4.78, 5) is 38.9. The van der Waals surface area contributed by atoms with Crippen LogP contribution in [0.1, 0.15) is 45.6 Å². The SMILES string of the molecule is CCOC(=O)C1CCCN(C(=O)c2cnn(-c3nccc(-c4cc(C)sc4C)n3)c2COC)C1. The van der Waals surface area contributed by atoms with E-state index in [1.807, 2.05) is 6.07 Å². The fourth-order valence-electron chi connectivity index (χ4n) is 4.27. The molecule has 0 aromatic carbocycles. The molecule has 4 heterocycles. The average Bonchev–Trinajstić information content (AvgIpc) is 3.41. The summed E-state index contributed by atoms with van der Waals surface area (Å²) in [6.07, 6.45) is 4.68. The van der Waals surface area contributed by atoms with Crippen LogP contribution in [0.3, 0.4) is 0 Å². The Hall–Kier alpha value is -3.11. The first kappa shape index (κ1) is 24.0. The number of aromatic nitrogens is 4. The number of likely N-dealkylation sites (tertiary alicyclic amines) is 1. The zero-order valence-corrected chi connectivity index (χ0v) is 20.7. The summed E-state index contributed by atoms with van der Waals surface area (Å²) in [6, 6.07) is 3.98. The molecule has 1 amide bonds. The van der Waals surface area contributed by atoms with Gasteiger partial charge in [-0.2, -0.15) is 9.78 Å². The zero-order chi connectivity index (χ0) is 24.2. The molecule has 1 fully saturated rings. The van der Waals surface area contributed by atoms with Gasteiger partial charge in [0.05, 0.1) is 42.3 Å². The van der Waals surface area contributed by atoms with Crippen LogP contribution in [0.25, 0.3) is 17.2 Å².